The fourth-order valence-electron chi connectivity index (χ4n) is 3.82. The van der Waals surface area contributed by atoms with E-state index >= 15 is 0 Å². The highest BCUT2D eigenvalue weighted by atomic mass is 32.2. The molecule has 3 rings (SSSR count). The first kappa shape index (κ1) is 20.5. The van der Waals surface area contributed by atoms with Crippen LogP contribution in [0.1, 0.15) is 52.8 Å². The van der Waals surface area contributed by atoms with Gasteiger partial charge in [0.15, 0.2) is 0 Å². The van der Waals surface area contributed by atoms with Gasteiger partial charge in [0.05, 0.1) is 6.10 Å². The Morgan fingerprint density at radius 2 is 1.96 bits per heavy atom. The molecule has 1 aromatic carbocycles. The molecule has 1 fully saturated rings. The predicted molar refractivity (Wildman–Crippen MR) is 99.6 cm³/mol. The highest BCUT2D eigenvalue weighted by molar-refractivity contribution is 7.89. The number of aliphatic hydroxyl groups is 1. The first-order chi connectivity index (χ1) is 13.1. The lowest BCUT2D eigenvalue weighted by Gasteiger charge is -2.27. The topological polar surface area (TPSA) is 114 Å². The number of aliphatic hydroxyl groups excluding tert-OH is 1. The van der Waals surface area contributed by atoms with Crippen molar-refractivity contribution < 1.29 is 27.1 Å². The molecule has 2 unspecified atom stereocenters. The van der Waals surface area contributed by atoms with Gasteiger partial charge in [-0.05, 0) is 50.8 Å². The summed E-state index contributed by atoms with van der Waals surface area (Å²) >= 11 is 0. The summed E-state index contributed by atoms with van der Waals surface area (Å²) in [4.78, 5) is 14.4. The summed E-state index contributed by atoms with van der Waals surface area (Å²) in [5, 5.41) is 15.8. The number of carbonyl (C=O) groups is 1. The standard InChI is InChI=1S/C19H23FN2O5S/c1-11-17(18(12(2)27-11)28(21,25)26)19(24)22-9-3-4-15(22)10-16(23)13-5-7-14(20)8-6-13/h5-8,15-16,23H,3-4,9-10H2,1-2H3,(H2,21,25,26). The fraction of sp³-hybridized carbons (Fsp3) is 0.421. The third-order valence-corrected chi connectivity index (χ3v) is 6.15. The van der Waals surface area contributed by atoms with E-state index in [1.165, 1.54) is 38.1 Å². The summed E-state index contributed by atoms with van der Waals surface area (Å²) in [5.41, 5.74) is 0.504. The van der Waals surface area contributed by atoms with Crippen LogP contribution in [0.25, 0.3) is 0 Å². The summed E-state index contributed by atoms with van der Waals surface area (Å²) in [5.74, 6) is -0.608. The van der Waals surface area contributed by atoms with E-state index in [-0.39, 0.29) is 34.4 Å². The van der Waals surface area contributed by atoms with Gasteiger partial charge in [-0.2, -0.15) is 0 Å². The van der Waals surface area contributed by atoms with Gasteiger partial charge in [0.25, 0.3) is 5.91 Å². The van der Waals surface area contributed by atoms with Gasteiger partial charge in [-0.25, -0.2) is 17.9 Å². The SMILES string of the molecule is Cc1oc(C)c(S(N)(=O)=O)c1C(=O)N1CCCC1CC(O)c1ccc(F)cc1. The zero-order chi connectivity index (χ0) is 20.6. The Morgan fingerprint density at radius 3 is 2.57 bits per heavy atom. The second-order valence-corrected chi connectivity index (χ2v) is 8.56. The Kier molecular flexibility index (Phi) is 5.60. The summed E-state index contributed by atoms with van der Waals surface area (Å²) in [6.45, 7) is 3.41. The maximum Gasteiger partial charge on any atom is 0.259 e. The van der Waals surface area contributed by atoms with Crippen molar-refractivity contribution in [2.75, 3.05) is 6.54 Å². The number of likely N-dealkylation sites (tertiary alicyclic amines) is 1. The third-order valence-electron chi connectivity index (χ3n) is 5.09. The number of furan rings is 1. The maximum absolute atomic E-state index is 13.1. The molecule has 1 aliphatic heterocycles. The van der Waals surface area contributed by atoms with Crippen LogP contribution in [0.15, 0.2) is 33.6 Å². The number of hydrogen-bond donors (Lipinski definition) is 2. The van der Waals surface area contributed by atoms with Crippen LogP contribution in [-0.4, -0.2) is 36.9 Å². The molecule has 1 saturated heterocycles. The minimum absolute atomic E-state index is 0.0526. The van der Waals surface area contributed by atoms with Crippen LogP contribution in [0.3, 0.4) is 0 Å². The average Bonchev–Trinajstić information content (AvgIpc) is 3.18. The molecule has 1 aromatic heterocycles. The van der Waals surface area contributed by atoms with E-state index in [1.807, 2.05) is 0 Å². The van der Waals surface area contributed by atoms with Crippen LogP contribution in [0, 0.1) is 19.7 Å². The Labute approximate surface area is 163 Å². The van der Waals surface area contributed by atoms with Gasteiger partial charge in [-0.1, -0.05) is 12.1 Å². The molecule has 2 heterocycles. The number of primary sulfonamides is 1. The highest BCUT2D eigenvalue weighted by Gasteiger charge is 2.36. The molecular weight excluding hydrogens is 387 g/mol. The van der Waals surface area contributed by atoms with Gasteiger partial charge in [0.1, 0.15) is 27.8 Å². The Balaban J connectivity index is 1.85. The lowest BCUT2D eigenvalue weighted by molar-refractivity contribution is 0.0662. The normalized spacial score (nSPS) is 18.5. The third kappa shape index (κ3) is 3.96. The molecule has 2 aromatic rings. The van der Waals surface area contributed by atoms with E-state index in [2.05, 4.69) is 0 Å². The van der Waals surface area contributed by atoms with Crippen LogP contribution in [0.5, 0.6) is 0 Å². The summed E-state index contributed by atoms with van der Waals surface area (Å²) in [6, 6.07) is 5.27. The van der Waals surface area contributed by atoms with E-state index in [1.54, 1.807) is 4.90 Å². The van der Waals surface area contributed by atoms with E-state index < -0.39 is 27.9 Å². The zero-order valence-electron chi connectivity index (χ0n) is 15.7. The second-order valence-electron chi connectivity index (χ2n) is 7.06. The number of halogens is 1. The molecule has 152 valence electrons. The molecule has 0 saturated carbocycles. The number of aryl methyl sites for hydroxylation is 2. The Bertz CT molecular complexity index is 984. The number of rotatable bonds is 5. The van der Waals surface area contributed by atoms with Crippen LogP contribution in [-0.2, 0) is 10.0 Å². The van der Waals surface area contributed by atoms with Crippen molar-refractivity contribution in [3.05, 3.63) is 52.7 Å². The number of hydrogen-bond acceptors (Lipinski definition) is 5. The van der Waals surface area contributed by atoms with Crippen LogP contribution in [0.4, 0.5) is 4.39 Å². The monoisotopic (exact) mass is 410 g/mol. The minimum atomic E-state index is -4.13. The fourth-order valence-corrected chi connectivity index (χ4v) is 4.78. The van der Waals surface area contributed by atoms with Gasteiger partial charge in [-0.3, -0.25) is 4.79 Å². The second kappa shape index (κ2) is 7.65. The van der Waals surface area contributed by atoms with E-state index in [4.69, 9.17) is 9.56 Å². The molecule has 0 radical (unpaired) electrons. The largest absolute Gasteiger partial charge is 0.464 e. The van der Waals surface area contributed by atoms with Crippen molar-refractivity contribution in [1.29, 1.82) is 0 Å². The number of carbonyl (C=O) groups excluding carboxylic acids is 1. The lowest BCUT2D eigenvalue weighted by Crippen LogP contribution is -2.37. The molecule has 2 atom stereocenters. The average molecular weight is 410 g/mol. The van der Waals surface area contributed by atoms with Gasteiger partial charge in [-0.15, -0.1) is 0 Å². The molecule has 0 aliphatic carbocycles. The molecule has 7 nitrogen and oxygen atoms in total. The van der Waals surface area contributed by atoms with Gasteiger partial charge >= 0.3 is 0 Å². The van der Waals surface area contributed by atoms with E-state index in [0.717, 1.165) is 6.42 Å². The van der Waals surface area contributed by atoms with Crippen molar-refractivity contribution in [3.8, 4) is 0 Å². The minimum Gasteiger partial charge on any atom is -0.464 e. The quantitative estimate of drug-likeness (QED) is 0.786. The maximum atomic E-state index is 13.1. The molecular formula is C19H23FN2O5S. The number of sulfonamides is 1. The van der Waals surface area contributed by atoms with Gasteiger partial charge in [0.2, 0.25) is 10.0 Å². The van der Waals surface area contributed by atoms with E-state index in [9.17, 15) is 22.7 Å². The molecule has 3 N–H and O–H groups in total. The van der Waals surface area contributed by atoms with Gasteiger partial charge < -0.3 is 14.4 Å². The molecule has 9 heteroatoms. The van der Waals surface area contributed by atoms with Crippen LogP contribution < -0.4 is 5.14 Å². The van der Waals surface area contributed by atoms with Crippen LogP contribution in [0.2, 0.25) is 0 Å². The predicted octanol–water partition coefficient (Wildman–Crippen LogP) is 2.41. The molecule has 1 aliphatic rings. The van der Waals surface area contributed by atoms with Crippen molar-refractivity contribution in [1.82, 2.24) is 4.90 Å². The highest BCUT2D eigenvalue weighted by Crippen LogP contribution is 2.32. The summed E-state index contributed by atoms with van der Waals surface area (Å²) < 4.78 is 42.4. The smallest absolute Gasteiger partial charge is 0.259 e. The molecule has 0 bridgehead atoms. The van der Waals surface area contributed by atoms with Crippen molar-refractivity contribution in [2.24, 2.45) is 5.14 Å². The molecule has 1 amide bonds. The summed E-state index contributed by atoms with van der Waals surface area (Å²) in [6.07, 6.45) is 0.791. The number of nitrogens with two attached hydrogens (primary N) is 1. The lowest BCUT2D eigenvalue weighted by atomic mass is 10.00. The van der Waals surface area contributed by atoms with Crippen LogP contribution >= 0.6 is 0 Å². The zero-order valence-corrected chi connectivity index (χ0v) is 16.5. The van der Waals surface area contributed by atoms with Crippen molar-refractivity contribution in [2.45, 2.75) is 50.2 Å². The number of amides is 1. The van der Waals surface area contributed by atoms with Gasteiger partial charge in [0, 0.05) is 12.6 Å². The van der Waals surface area contributed by atoms with Crippen molar-refractivity contribution in [3.63, 3.8) is 0 Å². The molecule has 28 heavy (non-hydrogen) atoms. The Morgan fingerprint density at radius 1 is 1.32 bits per heavy atom. The Hall–Kier alpha value is -2.23. The number of nitrogens with zero attached hydrogens (tertiary/aromatic N) is 1. The molecule has 0 spiro atoms. The van der Waals surface area contributed by atoms with Crippen molar-refractivity contribution >= 4 is 15.9 Å². The first-order valence-electron chi connectivity index (χ1n) is 8.97. The summed E-state index contributed by atoms with van der Waals surface area (Å²) in [7, 11) is -4.13. The van der Waals surface area contributed by atoms with E-state index in [0.29, 0.717) is 18.5 Å². The first-order valence-corrected chi connectivity index (χ1v) is 10.5. The number of benzene rings is 1.